The van der Waals surface area contributed by atoms with Crippen LogP contribution in [0, 0.1) is 0 Å². The minimum atomic E-state index is -0.219. The molecule has 0 spiro atoms. The lowest BCUT2D eigenvalue weighted by Crippen LogP contribution is -2.21. The number of azide groups is 1. The molecule has 0 aliphatic heterocycles. The largest absolute Gasteiger partial charge is 0.465 e. The van der Waals surface area contributed by atoms with Gasteiger partial charge in [-0.3, -0.25) is 4.79 Å². The van der Waals surface area contributed by atoms with Crippen LogP contribution < -0.4 is 0 Å². The first-order valence-corrected chi connectivity index (χ1v) is 7.53. The predicted molar refractivity (Wildman–Crippen MR) is 83.5 cm³/mol. The van der Waals surface area contributed by atoms with E-state index in [0.717, 1.165) is 30.2 Å². The number of hydrogen-bond acceptors (Lipinski definition) is 3. The average Bonchev–Trinajstić information content (AvgIpc) is 2.82. The minimum absolute atomic E-state index is 0.000602. The zero-order valence-corrected chi connectivity index (χ0v) is 12.5. The number of carbonyl (C=O) groups is 1. The predicted octanol–water partition coefficient (Wildman–Crippen LogP) is 3.37. The number of fused-ring (bicyclic) bond motifs is 3. The molecule has 0 fully saturated rings. The number of carbonyl (C=O) groups excluding carboxylic acids is 1. The molecule has 1 aliphatic carbocycles. The van der Waals surface area contributed by atoms with Crippen molar-refractivity contribution >= 4 is 16.9 Å². The van der Waals surface area contributed by atoms with E-state index >= 15 is 0 Å². The normalized spacial score (nSPS) is 16.9. The summed E-state index contributed by atoms with van der Waals surface area (Å²) >= 11 is 0. The fraction of sp³-hybridized carbons (Fsp3) is 0.438. The number of benzene rings is 1. The Kier molecular flexibility index (Phi) is 4.02. The molecule has 6 heteroatoms. The van der Waals surface area contributed by atoms with Crippen molar-refractivity contribution in [3.8, 4) is 0 Å². The van der Waals surface area contributed by atoms with Gasteiger partial charge in [0.25, 0.3) is 0 Å². The number of aromatic nitrogens is 1. The van der Waals surface area contributed by atoms with Crippen molar-refractivity contribution in [3.63, 3.8) is 0 Å². The van der Waals surface area contributed by atoms with Crippen molar-refractivity contribution in [1.82, 2.24) is 4.57 Å². The lowest BCUT2D eigenvalue weighted by atomic mass is 9.92. The lowest BCUT2D eigenvalue weighted by molar-refractivity contribution is -0.143. The monoisotopic (exact) mass is 298 g/mol. The summed E-state index contributed by atoms with van der Waals surface area (Å²) in [5.41, 5.74) is 12.1. The maximum atomic E-state index is 11.9. The summed E-state index contributed by atoms with van der Waals surface area (Å²) < 4.78 is 7.14. The summed E-state index contributed by atoms with van der Waals surface area (Å²) in [5.74, 6) is -0.219. The van der Waals surface area contributed by atoms with Crippen LogP contribution in [0.1, 0.15) is 24.6 Å². The smallest absolute Gasteiger partial charge is 0.325 e. The fourth-order valence-electron chi connectivity index (χ4n) is 3.27. The van der Waals surface area contributed by atoms with Crippen LogP contribution in [0.4, 0.5) is 0 Å². The Morgan fingerprint density at radius 2 is 2.32 bits per heavy atom. The van der Waals surface area contributed by atoms with Gasteiger partial charge in [-0.25, -0.2) is 0 Å². The molecule has 0 bridgehead atoms. The molecule has 1 aromatic carbocycles. The van der Waals surface area contributed by atoms with E-state index in [1.54, 1.807) is 0 Å². The summed E-state index contributed by atoms with van der Waals surface area (Å²) in [6, 6.07) is 8.05. The van der Waals surface area contributed by atoms with Crippen molar-refractivity contribution in [2.75, 3.05) is 6.61 Å². The van der Waals surface area contributed by atoms with Crippen LogP contribution in [-0.2, 0) is 28.9 Å². The highest BCUT2D eigenvalue weighted by Crippen LogP contribution is 2.33. The van der Waals surface area contributed by atoms with Gasteiger partial charge >= 0.3 is 5.97 Å². The molecule has 1 aliphatic rings. The van der Waals surface area contributed by atoms with Gasteiger partial charge in [-0.15, -0.1) is 0 Å². The first-order chi connectivity index (χ1) is 10.7. The van der Waals surface area contributed by atoms with Crippen LogP contribution in [0.15, 0.2) is 29.4 Å². The van der Waals surface area contributed by atoms with E-state index in [0.29, 0.717) is 6.61 Å². The van der Waals surface area contributed by atoms with E-state index < -0.39 is 0 Å². The van der Waals surface area contributed by atoms with Crippen molar-refractivity contribution in [2.45, 2.75) is 38.8 Å². The Bertz CT molecular complexity index is 759. The first kappa shape index (κ1) is 14.5. The van der Waals surface area contributed by atoms with Gasteiger partial charge in [0, 0.05) is 27.6 Å². The molecule has 0 N–H and O–H groups in total. The maximum Gasteiger partial charge on any atom is 0.325 e. The molecule has 1 aromatic heterocycles. The number of nitrogens with zero attached hydrogens (tertiary/aromatic N) is 4. The molecule has 1 unspecified atom stereocenters. The minimum Gasteiger partial charge on any atom is -0.465 e. The SMILES string of the molecule is CCOC(=O)Cn1c2c(c3ccccc31)CC(N=[N+]=[N-])CC2. The van der Waals surface area contributed by atoms with Gasteiger partial charge in [-0.1, -0.05) is 23.3 Å². The van der Waals surface area contributed by atoms with Crippen LogP contribution in [-0.4, -0.2) is 23.2 Å². The number of para-hydroxylation sites is 1. The Balaban J connectivity index is 2.06. The van der Waals surface area contributed by atoms with Gasteiger partial charge < -0.3 is 9.30 Å². The first-order valence-electron chi connectivity index (χ1n) is 7.53. The summed E-state index contributed by atoms with van der Waals surface area (Å²) in [6.45, 7) is 2.43. The topological polar surface area (TPSA) is 80.0 Å². The van der Waals surface area contributed by atoms with Gasteiger partial charge in [0.15, 0.2) is 0 Å². The second-order valence-electron chi connectivity index (χ2n) is 5.44. The van der Waals surface area contributed by atoms with Gasteiger partial charge in [0.1, 0.15) is 6.54 Å². The number of esters is 1. The zero-order valence-electron chi connectivity index (χ0n) is 12.5. The molecule has 2 aromatic rings. The van der Waals surface area contributed by atoms with E-state index in [1.807, 2.05) is 25.1 Å². The number of rotatable bonds is 4. The third-order valence-corrected chi connectivity index (χ3v) is 4.16. The Morgan fingerprint density at radius 1 is 1.50 bits per heavy atom. The van der Waals surface area contributed by atoms with Crippen LogP contribution in [0.25, 0.3) is 21.3 Å². The molecule has 0 saturated heterocycles. The Hall–Kier alpha value is -2.46. The summed E-state index contributed by atoms with van der Waals surface area (Å²) in [5, 5.41) is 5.01. The van der Waals surface area contributed by atoms with Crippen molar-refractivity contribution in [2.24, 2.45) is 5.11 Å². The van der Waals surface area contributed by atoms with Gasteiger partial charge in [0.2, 0.25) is 0 Å². The fourth-order valence-corrected chi connectivity index (χ4v) is 3.27. The molecule has 114 valence electrons. The second kappa shape index (κ2) is 6.12. The maximum absolute atomic E-state index is 11.9. The van der Waals surface area contributed by atoms with Crippen LogP contribution >= 0.6 is 0 Å². The molecule has 0 amide bonds. The van der Waals surface area contributed by atoms with Gasteiger partial charge in [0.05, 0.1) is 6.61 Å². The molecule has 1 heterocycles. The molecular weight excluding hydrogens is 280 g/mol. The standard InChI is InChI=1S/C16H18N4O2/c1-2-22-16(21)10-20-14-6-4-3-5-12(14)13-9-11(18-19-17)7-8-15(13)20/h3-6,11H,2,7-10H2,1H3. The highest BCUT2D eigenvalue weighted by molar-refractivity contribution is 5.87. The van der Waals surface area contributed by atoms with Crippen molar-refractivity contribution in [1.29, 1.82) is 0 Å². The number of ether oxygens (including phenoxy) is 1. The highest BCUT2D eigenvalue weighted by atomic mass is 16.5. The van der Waals surface area contributed by atoms with E-state index in [9.17, 15) is 4.79 Å². The summed E-state index contributed by atoms with van der Waals surface area (Å²) in [7, 11) is 0. The molecule has 22 heavy (non-hydrogen) atoms. The van der Waals surface area contributed by atoms with E-state index in [2.05, 4.69) is 20.7 Å². The number of hydrogen-bond donors (Lipinski definition) is 0. The van der Waals surface area contributed by atoms with Gasteiger partial charge in [-0.05, 0) is 43.3 Å². The second-order valence-corrected chi connectivity index (χ2v) is 5.44. The van der Waals surface area contributed by atoms with Crippen LogP contribution in [0.2, 0.25) is 0 Å². The van der Waals surface area contributed by atoms with Crippen molar-refractivity contribution in [3.05, 3.63) is 46.0 Å². The third-order valence-electron chi connectivity index (χ3n) is 4.16. The average molecular weight is 298 g/mol. The van der Waals surface area contributed by atoms with Crippen LogP contribution in [0.5, 0.6) is 0 Å². The van der Waals surface area contributed by atoms with Crippen molar-refractivity contribution < 1.29 is 9.53 Å². The summed E-state index contributed by atoms with van der Waals surface area (Å²) in [4.78, 5) is 14.8. The Labute approximate surface area is 128 Å². The summed E-state index contributed by atoms with van der Waals surface area (Å²) in [6.07, 6.45) is 2.36. The van der Waals surface area contributed by atoms with Gasteiger partial charge in [-0.2, -0.15) is 0 Å². The molecule has 0 saturated carbocycles. The molecule has 3 rings (SSSR count). The van der Waals surface area contributed by atoms with E-state index in [-0.39, 0.29) is 18.6 Å². The van der Waals surface area contributed by atoms with E-state index in [4.69, 9.17) is 10.3 Å². The van der Waals surface area contributed by atoms with Crippen LogP contribution in [0.3, 0.4) is 0 Å². The molecule has 6 nitrogen and oxygen atoms in total. The lowest BCUT2D eigenvalue weighted by Gasteiger charge is -2.20. The molecular formula is C16H18N4O2. The van der Waals surface area contributed by atoms with E-state index in [1.165, 1.54) is 11.3 Å². The molecule has 1 atom stereocenters. The highest BCUT2D eigenvalue weighted by Gasteiger charge is 2.25. The quantitative estimate of drug-likeness (QED) is 0.375. The zero-order chi connectivity index (χ0) is 15.5. The molecule has 0 radical (unpaired) electrons. The Morgan fingerprint density at radius 3 is 3.09 bits per heavy atom. The third kappa shape index (κ3) is 2.53.